The number of benzene rings is 1. The molecule has 0 aliphatic heterocycles. The molecule has 0 bridgehead atoms. The summed E-state index contributed by atoms with van der Waals surface area (Å²) in [6.07, 6.45) is 3.87. The van der Waals surface area contributed by atoms with Gasteiger partial charge in [0.05, 0.1) is 6.21 Å². The van der Waals surface area contributed by atoms with E-state index in [2.05, 4.69) is 10.5 Å². The predicted molar refractivity (Wildman–Crippen MR) is 73.0 cm³/mol. The van der Waals surface area contributed by atoms with Crippen molar-refractivity contribution < 1.29 is 14.3 Å². The molecule has 0 saturated carbocycles. The number of ether oxygens (including phenoxy) is 1. The monoisotopic (exact) mass is 262 g/mol. The first-order valence-electron chi connectivity index (χ1n) is 6.22. The van der Waals surface area contributed by atoms with Gasteiger partial charge in [0.1, 0.15) is 5.75 Å². The molecular weight excluding hydrogens is 244 g/mol. The van der Waals surface area contributed by atoms with Crippen molar-refractivity contribution in [2.75, 3.05) is 0 Å². The highest BCUT2D eigenvalue weighted by Gasteiger charge is 1.98. The number of carbonyl (C=O) groups is 2. The van der Waals surface area contributed by atoms with Crippen LogP contribution in [0.1, 0.15) is 38.7 Å². The van der Waals surface area contributed by atoms with Gasteiger partial charge >= 0.3 is 5.97 Å². The number of unbranched alkanes of at least 4 members (excludes halogenated alkanes) is 1. The van der Waals surface area contributed by atoms with E-state index in [1.165, 1.54) is 6.92 Å². The highest BCUT2D eigenvalue weighted by atomic mass is 16.5. The molecule has 102 valence electrons. The largest absolute Gasteiger partial charge is 0.427 e. The number of nitrogens with zero attached hydrogens (tertiary/aromatic N) is 1. The summed E-state index contributed by atoms with van der Waals surface area (Å²) < 4.78 is 4.90. The first-order valence-corrected chi connectivity index (χ1v) is 6.22. The number of carbonyl (C=O) groups excluding carboxylic acids is 2. The lowest BCUT2D eigenvalue weighted by atomic mass is 10.2. The zero-order valence-electron chi connectivity index (χ0n) is 11.2. The number of hydrogen-bond donors (Lipinski definition) is 1. The molecule has 0 unspecified atom stereocenters. The quantitative estimate of drug-likeness (QED) is 0.370. The fourth-order valence-electron chi connectivity index (χ4n) is 1.36. The lowest BCUT2D eigenvalue weighted by molar-refractivity contribution is -0.131. The van der Waals surface area contributed by atoms with Crippen LogP contribution in [-0.2, 0) is 9.59 Å². The highest BCUT2D eigenvalue weighted by molar-refractivity contribution is 5.82. The molecule has 0 saturated heterocycles. The fraction of sp³-hybridized carbons (Fsp3) is 0.357. The molecule has 0 spiro atoms. The van der Waals surface area contributed by atoms with Gasteiger partial charge in [-0.05, 0) is 36.2 Å². The van der Waals surface area contributed by atoms with Crippen LogP contribution in [0.5, 0.6) is 5.75 Å². The van der Waals surface area contributed by atoms with Gasteiger partial charge < -0.3 is 4.74 Å². The van der Waals surface area contributed by atoms with Crippen molar-refractivity contribution in [2.45, 2.75) is 33.1 Å². The maximum atomic E-state index is 11.3. The van der Waals surface area contributed by atoms with E-state index >= 15 is 0 Å². The normalized spacial score (nSPS) is 10.4. The molecule has 0 fully saturated rings. The summed E-state index contributed by atoms with van der Waals surface area (Å²) in [6, 6.07) is 6.84. The molecule has 0 aliphatic carbocycles. The molecule has 5 heteroatoms. The molecule has 0 heterocycles. The van der Waals surface area contributed by atoms with Crippen molar-refractivity contribution in [2.24, 2.45) is 5.10 Å². The van der Waals surface area contributed by atoms with Gasteiger partial charge in [-0.3, -0.25) is 9.59 Å². The minimum Gasteiger partial charge on any atom is -0.427 e. The third-order valence-electron chi connectivity index (χ3n) is 2.30. The summed E-state index contributed by atoms with van der Waals surface area (Å²) in [5.41, 5.74) is 3.27. The second-order valence-electron chi connectivity index (χ2n) is 4.06. The first-order chi connectivity index (χ1) is 9.11. The molecule has 0 atom stereocenters. The number of rotatable bonds is 6. The zero-order chi connectivity index (χ0) is 14.1. The fourth-order valence-corrected chi connectivity index (χ4v) is 1.36. The Labute approximate surface area is 112 Å². The van der Waals surface area contributed by atoms with Gasteiger partial charge in [0.2, 0.25) is 5.91 Å². The van der Waals surface area contributed by atoms with Crippen LogP contribution in [0.3, 0.4) is 0 Å². The Balaban J connectivity index is 2.44. The van der Waals surface area contributed by atoms with E-state index in [0.717, 1.165) is 18.4 Å². The van der Waals surface area contributed by atoms with E-state index in [-0.39, 0.29) is 11.9 Å². The lowest BCUT2D eigenvalue weighted by Gasteiger charge is -2.01. The van der Waals surface area contributed by atoms with Crippen LogP contribution < -0.4 is 10.2 Å². The minimum atomic E-state index is -0.357. The van der Waals surface area contributed by atoms with Gasteiger partial charge in [0.25, 0.3) is 0 Å². The predicted octanol–water partition coefficient (Wildman–Crippen LogP) is 2.25. The number of hydrazone groups is 1. The van der Waals surface area contributed by atoms with E-state index in [0.29, 0.717) is 12.2 Å². The average molecular weight is 262 g/mol. The van der Waals surface area contributed by atoms with Gasteiger partial charge in [-0.25, -0.2) is 5.43 Å². The number of esters is 1. The Morgan fingerprint density at radius 2 is 2.00 bits per heavy atom. The van der Waals surface area contributed by atoms with Gasteiger partial charge in [0.15, 0.2) is 0 Å². The Morgan fingerprint density at radius 1 is 1.32 bits per heavy atom. The summed E-state index contributed by atoms with van der Waals surface area (Å²) in [5, 5.41) is 3.85. The Bertz CT molecular complexity index is 452. The van der Waals surface area contributed by atoms with Crippen LogP contribution in [0.4, 0.5) is 0 Å². The molecule has 1 aromatic carbocycles. The number of nitrogens with one attached hydrogen (secondary N) is 1. The molecule has 1 N–H and O–H groups in total. The second-order valence-corrected chi connectivity index (χ2v) is 4.06. The third kappa shape index (κ3) is 6.35. The van der Waals surface area contributed by atoms with E-state index in [4.69, 9.17) is 4.74 Å². The van der Waals surface area contributed by atoms with E-state index in [9.17, 15) is 9.59 Å². The average Bonchev–Trinajstić information content (AvgIpc) is 2.38. The molecular formula is C14H18N2O3. The van der Waals surface area contributed by atoms with Gasteiger partial charge in [-0.1, -0.05) is 13.3 Å². The van der Waals surface area contributed by atoms with E-state index < -0.39 is 0 Å². The Hall–Kier alpha value is -2.17. The molecule has 0 aliphatic rings. The number of hydrogen-bond acceptors (Lipinski definition) is 4. The van der Waals surface area contributed by atoms with Crippen LogP contribution >= 0.6 is 0 Å². The van der Waals surface area contributed by atoms with Crippen LogP contribution in [0, 0.1) is 0 Å². The Morgan fingerprint density at radius 3 is 2.58 bits per heavy atom. The first kappa shape index (κ1) is 14.9. The standard InChI is InChI=1S/C14H18N2O3/c1-3-4-5-14(18)16-15-10-12-6-8-13(9-7-12)19-11(2)17/h6-10H,3-5H2,1-2H3,(H,16,18)/b15-10+. The second kappa shape index (κ2) is 8.02. The Kier molecular flexibility index (Phi) is 6.29. The van der Waals surface area contributed by atoms with Crippen LogP contribution in [0.2, 0.25) is 0 Å². The summed E-state index contributed by atoms with van der Waals surface area (Å²) in [6.45, 7) is 3.38. The molecule has 19 heavy (non-hydrogen) atoms. The van der Waals surface area contributed by atoms with Gasteiger partial charge in [-0.2, -0.15) is 5.10 Å². The molecule has 1 amide bonds. The van der Waals surface area contributed by atoms with Crippen LogP contribution in [0.15, 0.2) is 29.4 Å². The zero-order valence-corrected chi connectivity index (χ0v) is 11.2. The van der Waals surface area contributed by atoms with Crippen LogP contribution in [0.25, 0.3) is 0 Å². The van der Waals surface area contributed by atoms with Crippen LogP contribution in [-0.4, -0.2) is 18.1 Å². The van der Waals surface area contributed by atoms with Crippen molar-refractivity contribution in [3.8, 4) is 5.75 Å². The topological polar surface area (TPSA) is 67.8 Å². The minimum absolute atomic E-state index is 0.0883. The van der Waals surface area contributed by atoms with Crippen molar-refractivity contribution >= 4 is 18.1 Å². The van der Waals surface area contributed by atoms with Gasteiger partial charge in [0, 0.05) is 13.3 Å². The molecule has 0 aromatic heterocycles. The van der Waals surface area contributed by atoms with Gasteiger partial charge in [-0.15, -0.1) is 0 Å². The summed E-state index contributed by atoms with van der Waals surface area (Å²) >= 11 is 0. The van der Waals surface area contributed by atoms with Crippen molar-refractivity contribution in [1.29, 1.82) is 0 Å². The van der Waals surface area contributed by atoms with E-state index in [1.807, 2.05) is 6.92 Å². The molecule has 5 nitrogen and oxygen atoms in total. The van der Waals surface area contributed by atoms with E-state index in [1.54, 1.807) is 30.5 Å². The molecule has 1 aromatic rings. The summed E-state index contributed by atoms with van der Waals surface area (Å²) in [7, 11) is 0. The maximum Gasteiger partial charge on any atom is 0.308 e. The summed E-state index contributed by atoms with van der Waals surface area (Å²) in [5.74, 6) is 0.0378. The highest BCUT2D eigenvalue weighted by Crippen LogP contribution is 2.11. The summed E-state index contributed by atoms with van der Waals surface area (Å²) in [4.78, 5) is 22.0. The van der Waals surface area contributed by atoms with Crippen molar-refractivity contribution in [1.82, 2.24) is 5.43 Å². The van der Waals surface area contributed by atoms with Crippen molar-refractivity contribution in [3.05, 3.63) is 29.8 Å². The lowest BCUT2D eigenvalue weighted by Crippen LogP contribution is -2.16. The molecule has 1 rings (SSSR count). The molecule has 0 radical (unpaired) electrons. The maximum absolute atomic E-state index is 11.3. The third-order valence-corrected chi connectivity index (χ3v) is 2.30. The SMILES string of the molecule is CCCCC(=O)N/N=C/c1ccc(OC(C)=O)cc1. The smallest absolute Gasteiger partial charge is 0.308 e. The van der Waals surface area contributed by atoms with Crippen molar-refractivity contribution in [3.63, 3.8) is 0 Å². The number of amides is 1.